The largest absolute Gasteiger partial charge is 0.395 e. The van der Waals surface area contributed by atoms with Crippen LogP contribution in [0.1, 0.15) is 18.4 Å². The summed E-state index contributed by atoms with van der Waals surface area (Å²) in [6.45, 7) is 3.66. The lowest BCUT2D eigenvalue weighted by molar-refractivity contribution is -0.130. The van der Waals surface area contributed by atoms with E-state index in [1.54, 1.807) is 0 Å². The van der Waals surface area contributed by atoms with E-state index in [2.05, 4.69) is 23.5 Å². The van der Waals surface area contributed by atoms with E-state index in [1.165, 1.54) is 10.9 Å². The molecule has 1 aromatic carbocycles. The zero-order chi connectivity index (χ0) is 15.4. The van der Waals surface area contributed by atoms with Crippen molar-refractivity contribution < 1.29 is 9.90 Å². The van der Waals surface area contributed by atoms with Gasteiger partial charge in [-0.3, -0.25) is 4.79 Å². The van der Waals surface area contributed by atoms with E-state index in [0.717, 1.165) is 38.0 Å². The molecule has 22 heavy (non-hydrogen) atoms. The zero-order valence-corrected chi connectivity index (χ0v) is 12.8. The highest BCUT2D eigenvalue weighted by Gasteiger charge is 2.18. The van der Waals surface area contributed by atoms with E-state index in [9.17, 15) is 4.79 Å². The third-order valence-electron chi connectivity index (χ3n) is 4.27. The first-order valence-corrected chi connectivity index (χ1v) is 7.95. The van der Waals surface area contributed by atoms with Gasteiger partial charge in [-0.1, -0.05) is 12.1 Å². The number of hydrogen-bond acceptors (Lipinski definition) is 3. The summed E-state index contributed by atoms with van der Waals surface area (Å²) in [6, 6.07) is 8.24. The Labute approximate surface area is 130 Å². The maximum Gasteiger partial charge on any atom is 0.242 e. The van der Waals surface area contributed by atoms with Crippen LogP contribution in [0.3, 0.4) is 0 Å². The first kappa shape index (κ1) is 15.1. The number of hydrogen-bond donors (Lipinski definition) is 2. The molecule has 2 N–H and O–H groups in total. The number of carbonyl (C=O) groups excluding carboxylic acids is 1. The first-order valence-electron chi connectivity index (χ1n) is 7.95. The average Bonchev–Trinajstić information content (AvgIpc) is 3.18. The van der Waals surface area contributed by atoms with Crippen LogP contribution in [0.25, 0.3) is 10.9 Å². The molecule has 1 amide bonds. The number of nitrogens with one attached hydrogen (secondary N) is 1. The molecule has 1 aromatic heterocycles. The van der Waals surface area contributed by atoms with Crippen molar-refractivity contribution in [2.45, 2.75) is 25.9 Å². The second-order valence-corrected chi connectivity index (χ2v) is 5.78. The highest BCUT2D eigenvalue weighted by Crippen LogP contribution is 2.21. The number of likely N-dealkylation sites (tertiary alicyclic amines) is 1. The summed E-state index contributed by atoms with van der Waals surface area (Å²) >= 11 is 0. The van der Waals surface area contributed by atoms with Crippen LogP contribution >= 0.6 is 0 Å². The minimum Gasteiger partial charge on any atom is -0.395 e. The third-order valence-corrected chi connectivity index (χ3v) is 4.27. The molecule has 5 heteroatoms. The monoisotopic (exact) mass is 301 g/mol. The molecular formula is C17H23N3O2. The van der Waals surface area contributed by atoms with Gasteiger partial charge in [0.2, 0.25) is 5.91 Å². The first-order chi connectivity index (χ1) is 10.8. The van der Waals surface area contributed by atoms with Crippen molar-refractivity contribution in [1.29, 1.82) is 0 Å². The van der Waals surface area contributed by atoms with Crippen LogP contribution in [0.4, 0.5) is 0 Å². The highest BCUT2D eigenvalue weighted by atomic mass is 16.3. The molecule has 0 aliphatic carbocycles. The number of fused-ring (bicyclic) bond motifs is 1. The van der Waals surface area contributed by atoms with Gasteiger partial charge < -0.3 is 19.9 Å². The quantitative estimate of drug-likeness (QED) is 0.792. The van der Waals surface area contributed by atoms with E-state index in [4.69, 9.17) is 5.11 Å². The Balaban J connectivity index is 1.76. The number of carbonyl (C=O) groups is 1. The Bertz CT molecular complexity index is 644. The minimum absolute atomic E-state index is 0.140. The molecule has 1 fully saturated rings. The predicted molar refractivity (Wildman–Crippen MR) is 86.5 cm³/mol. The van der Waals surface area contributed by atoms with Crippen LogP contribution in [0.2, 0.25) is 0 Å². The molecule has 2 aromatic rings. The van der Waals surface area contributed by atoms with Gasteiger partial charge in [-0.25, -0.2) is 0 Å². The van der Waals surface area contributed by atoms with Crippen molar-refractivity contribution in [2.75, 3.05) is 26.2 Å². The van der Waals surface area contributed by atoms with Crippen molar-refractivity contribution >= 4 is 16.8 Å². The summed E-state index contributed by atoms with van der Waals surface area (Å²) in [5, 5.41) is 13.2. The highest BCUT2D eigenvalue weighted by molar-refractivity contribution is 5.86. The van der Waals surface area contributed by atoms with E-state index in [1.807, 2.05) is 21.7 Å². The molecule has 0 radical (unpaired) electrons. The fourth-order valence-electron chi connectivity index (χ4n) is 3.09. The minimum atomic E-state index is 0.140. The molecule has 5 nitrogen and oxygen atoms in total. The van der Waals surface area contributed by atoms with E-state index in [0.29, 0.717) is 13.1 Å². The molecule has 118 valence electrons. The number of benzene rings is 1. The molecule has 1 aliphatic rings. The summed E-state index contributed by atoms with van der Waals surface area (Å²) < 4.78 is 2.03. The van der Waals surface area contributed by atoms with E-state index in [-0.39, 0.29) is 12.5 Å². The Morgan fingerprint density at radius 3 is 2.82 bits per heavy atom. The predicted octanol–water partition coefficient (Wildman–Crippen LogP) is 1.35. The summed E-state index contributed by atoms with van der Waals surface area (Å²) in [7, 11) is 0. The van der Waals surface area contributed by atoms with Gasteiger partial charge in [0, 0.05) is 43.3 Å². The third kappa shape index (κ3) is 3.15. The standard InChI is InChI=1S/C17H23N3O2/c21-11-7-18-12-14-4-3-5-16-15(14)6-10-20(16)13-17(22)19-8-1-2-9-19/h3-6,10,18,21H,1-2,7-9,11-13H2. The molecule has 0 spiro atoms. The van der Waals surface area contributed by atoms with E-state index >= 15 is 0 Å². The zero-order valence-electron chi connectivity index (χ0n) is 12.8. The van der Waals surface area contributed by atoms with Gasteiger partial charge in [0.05, 0.1) is 6.61 Å². The Hall–Kier alpha value is -1.85. The molecule has 1 aliphatic heterocycles. The summed E-state index contributed by atoms with van der Waals surface area (Å²) in [6.07, 6.45) is 4.24. The van der Waals surface area contributed by atoms with Crippen molar-refractivity contribution in [3.8, 4) is 0 Å². The molecule has 2 heterocycles. The van der Waals surface area contributed by atoms with Crippen molar-refractivity contribution in [2.24, 2.45) is 0 Å². The second-order valence-electron chi connectivity index (χ2n) is 5.78. The van der Waals surface area contributed by atoms with Gasteiger partial charge in [-0.05, 0) is 30.5 Å². The Kier molecular flexibility index (Phi) is 4.75. The number of rotatable bonds is 6. The average molecular weight is 301 g/mol. The molecule has 0 unspecified atom stereocenters. The second kappa shape index (κ2) is 6.94. The van der Waals surface area contributed by atoms with Crippen molar-refractivity contribution in [3.05, 3.63) is 36.0 Å². The van der Waals surface area contributed by atoms with Gasteiger partial charge in [0.1, 0.15) is 6.54 Å². The van der Waals surface area contributed by atoms with Crippen molar-refractivity contribution in [3.63, 3.8) is 0 Å². The van der Waals surface area contributed by atoms with Crippen LogP contribution in [0, 0.1) is 0 Å². The molecule has 0 bridgehead atoms. The van der Waals surface area contributed by atoms with Gasteiger partial charge in [0.15, 0.2) is 0 Å². The van der Waals surface area contributed by atoms with Crippen LogP contribution in [-0.2, 0) is 17.9 Å². The summed E-state index contributed by atoms with van der Waals surface area (Å²) in [5.74, 6) is 0.207. The van der Waals surface area contributed by atoms with Crippen LogP contribution in [-0.4, -0.2) is 46.7 Å². The lowest BCUT2D eigenvalue weighted by atomic mass is 10.1. The lowest BCUT2D eigenvalue weighted by Gasteiger charge is -2.16. The molecule has 0 saturated carbocycles. The fraction of sp³-hybridized carbons (Fsp3) is 0.471. The smallest absolute Gasteiger partial charge is 0.242 e. The molecular weight excluding hydrogens is 278 g/mol. The van der Waals surface area contributed by atoms with Crippen molar-refractivity contribution in [1.82, 2.24) is 14.8 Å². The summed E-state index contributed by atoms with van der Waals surface area (Å²) in [5.41, 5.74) is 2.29. The number of aliphatic hydroxyl groups excluding tert-OH is 1. The summed E-state index contributed by atoms with van der Waals surface area (Å²) in [4.78, 5) is 14.3. The maximum absolute atomic E-state index is 12.3. The van der Waals surface area contributed by atoms with Crippen LogP contribution in [0.15, 0.2) is 30.5 Å². The van der Waals surface area contributed by atoms with Gasteiger partial charge in [-0.15, -0.1) is 0 Å². The van der Waals surface area contributed by atoms with Gasteiger partial charge in [-0.2, -0.15) is 0 Å². The molecule has 3 rings (SSSR count). The number of nitrogens with zero attached hydrogens (tertiary/aromatic N) is 2. The van der Waals surface area contributed by atoms with Crippen LogP contribution < -0.4 is 5.32 Å². The lowest BCUT2D eigenvalue weighted by Crippen LogP contribution is -2.30. The van der Waals surface area contributed by atoms with Gasteiger partial charge in [0.25, 0.3) is 0 Å². The maximum atomic E-state index is 12.3. The van der Waals surface area contributed by atoms with Crippen LogP contribution in [0.5, 0.6) is 0 Å². The number of aromatic nitrogens is 1. The number of aliphatic hydroxyl groups is 1. The Morgan fingerprint density at radius 1 is 1.23 bits per heavy atom. The molecule has 0 atom stereocenters. The van der Waals surface area contributed by atoms with E-state index < -0.39 is 0 Å². The SMILES string of the molecule is O=C(Cn1ccc2c(CNCCO)cccc21)N1CCCC1. The topological polar surface area (TPSA) is 57.5 Å². The Morgan fingerprint density at radius 2 is 2.05 bits per heavy atom. The fourth-order valence-corrected chi connectivity index (χ4v) is 3.09. The van der Waals surface area contributed by atoms with Gasteiger partial charge >= 0.3 is 0 Å². The molecule has 1 saturated heterocycles. The normalized spacial score (nSPS) is 14.9. The number of amides is 1.